The Hall–Kier alpha value is -2.88. The lowest BCUT2D eigenvalue weighted by Crippen LogP contribution is -2.48. The first-order valence-corrected chi connectivity index (χ1v) is 8.34. The molecule has 2 atom stereocenters. The number of anilines is 1. The highest BCUT2D eigenvalue weighted by atomic mass is 16.2. The van der Waals surface area contributed by atoms with Crippen LogP contribution >= 0.6 is 0 Å². The minimum atomic E-state index is -0.315. The standard InChI is InChI=1S/C18H22N4O3/c1-12(23)21-14-8-6-13(7-9-14)17(24)22-16-5-3-2-4-15(16)18(25)20-11-10-19/h6-9,15-16H,2-5,11H2,1H3,(H,20,25)(H,21,23)(H,22,24). The van der Waals surface area contributed by atoms with Gasteiger partial charge in [0.1, 0.15) is 6.54 Å². The Labute approximate surface area is 146 Å². The monoisotopic (exact) mass is 342 g/mol. The van der Waals surface area contributed by atoms with Crippen molar-refractivity contribution in [3.63, 3.8) is 0 Å². The van der Waals surface area contributed by atoms with Gasteiger partial charge in [0.2, 0.25) is 11.8 Å². The molecule has 0 bridgehead atoms. The second-order valence-electron chi connectivity index (χ2n) is 6.11. The van der Waals surface area contributed by atoms with Crippen LogP contribution < -0.4 is 16.0 Å². The van der Waals surface area contributed by atoms with Gasteiger partial charge in [-0.2, -0.15) is 5.26 Å². The Balaban J connectivity index is 2.00. The fourth-order valence-corrected chi connectivity index (χ4v) is 3.04. The van der Waals surface area contributed by atoms with E-state index in [2.05, 4.69) is 16.0 Å². The van der Waals surface area contributed by atoms with Gasteiger partial charge < -0.3 is 16.0 Å². The molecule has 2 unspecified atom stereocenters. The average molecular weight is 342 g/mol. The maximum absolute atomic E-state index is 12.4. The summed E-state index contributed by atoms with van der Waals surface area (Å²) in [6.45, 7) is 1.39. The van der Waals surface area contributed by atoms with E-state index in [9.17, 15) is 14.4 Å². The molecule has 7 nitrogen and oxygen atoms in total. The van der Waals surface area contributed by atoms with Gasteiger partial charge in [-0.25, -0.2) is 0 Å². The molecule has 1 aromatic rings. The number of carbonyl (C=O) groups excluding carboxylic acids is 3. The van der Waals surface area contributed by atoms with Crippen molar-refractivity contribution in [3.05, 3.63) is 29.8 Å². The number of rotatable bonds is 5. The first-order valence-electron chi connectivity index (χ1n) is 8.34. The van der Waals surface area contributed by atoms with Crippen LogP contribution in [0.15, 0.2) is 24.3 Å². The number of carbonyl (C=O) groups is 3. The summed E-state index contributed by atoms with van der Waals surface area (Å²) in [6.07, 6.45) is 3.32. The van der Waals surface area contributed by atoms with E-state index in [4.69, 9.17) is 5.26 Å². The molecule has 2 rings (SSSR count). The van der Waals surface area contributed by atoms with E-state index in [0.29, 0.717) is 17.7 Å². The average Bonchev–Trinajstić information content (AvgIpc) is 2.60. The Bertz CT molecular complexity index is 679. The highest BCUT2D eigenvalue weighted by molar-refractivity contribution is 5.96. The molecule has 132 valence electrons. The number of benzene rings is 1. The molecule has 1 aliphatic carbocycles. The van der Waals surface area contributed by atoms with Crippen molar-refractivity contribution in [2.45, 2.75) is 38.6 Å². The predicted octanol–water partition coefficient (Wildman–Crippen LogP) is 1.57. The van der Waals surface area contributed by atoms with Crippen LogP contribution in [0.1, 0.15) is 43.0 Å². The Kier molecular flexibility index (Phi) is 6.52. The van der Waals surface area contributed by atoms with E-state index in [-0.39, 0.29) is 36.2 Å². The van der Waals surface area contributed by atoms with E-state index >= 15 is 0 Å². The molecule has 7 heteroatoms. The second-order valence-corrected chi connectivity index (χ2v) is 6.11. The molecule has 0 aromatic heterocycles. The molecule has 1 saturated carbocycles. The Morgan fingerprint density at radius 2 is 1.84 bits per heavy atom. The van der Waals surface area contributed by atoms with Crippen LogP contribution in [0.4, 0.5) is 5.69 Å². The van der Waals surface area contributed by atoms with Crippen LogP contribution in [0, 0.1) is 17.2 Å². The summed E-state index contributed by atoms with van der Waals surface area (Å²) in [5.74, 6) is -0.928. The van der Waals surface area contributed by atoms with Crippen LogP contribution in [0.25, 0.3) is 0 Å². The second kappa shape index (κ2) is 8.83. The molecular formula is C18H22N4O3. The van der Waals surface area contributed by atoms with Crippen LogP contribution in [-0.2, 0) is 9.59 Å². The summed E-state index contributed by atoms with van der Waals surface area (Å²) in [5.41, 5.74) is 1.09. The minimum Gasteiger partial charge on any atom is -0.349 e. The predicted molar refractivity (Wildman–Crippen MR) is 92.6 cm³/mol. The van der Waals surface area contributed by atoms with Crippen molar-refractivity contribution in [1.82, 2.24) is 10.6 Å². The highest BCUT2D eigenvalue weighted by Crippen LogP contribution is 2.25. The van der Waals surface area contributed by atoms with Crippen molar-refractivity contribution >= 4 is 23.4 Å². The summed E-state index contributed by atoms with van der Waals surface area (Å²) >= 11 is 0. The zero-order chi connectivity index (χ0) is 18.2. The molecule has 0 spiro atoms. The summed E-state index contributed by atoms with van der Waals surface area (Å²) in [7, 11) is 0. The van der Waals surface area contributed by atoms with Crippen LogP contribution in [0.5, 0.6) is 0 Å². The third kappa shape index (κ3) is 5.31. The van der Waals surface area contributed by atoms with Gasteiger partial charge in [0.25, 0.3) is 5.91 Å². The molecule has 3 N–H and O–H groups in total. The lowest BCUT2D eigenvalue weighted by molar-refractivity contribution is -0.126. The Morgan fingerprint density at radius 1 is 1.16 bits per heavy atom. The van der Waals surface area contributed by atoms with E-state index < -0.39 is 0 Å². The van der Waals surface area contributed by atoms with Gasteiger partial charge >= 0.3 is 0 Å². The van der Waals surface area contributed by atoms with Gasteiger partial charge in [0, 0.05) is 24.2 Å². The number of amides is 3. The number of hydrogen-bond acceptors (Lipinski definition) is 4. The van der Waals surface area contributed by atoms with Crippen molar-refractivity contribution in [2.75, 3.05) is 11.9 Å². The maximum atomic E-state index is 12.4. The van der Waals surface area contributed by atoms with Crippen molar-refractivity contribution in [1.29, 1.82) is 5.26 Å². The minimum absolute atomic E-state index is 0.0272. The summed E-state index contributed by atoms with van der Waals surface area (Å²) in [4.78, 5) is 35.6. The largest absolute Gasteiger partial charge is 0.349 e. The molecule has 1 aliphatic rings. The fourth-order valence-electron chi connectivity index (χ4n) is 3.04. The molecule has 0 saturated heterocycles. The molecule has 25 heavy (non-hydrogen) atoms. The smallest absolute Gasteiger partial charge is 0.251 e. The van der Waals surface area contributed by atoms with E-state index in [1.54, 1.807) is 24.3 Å². The summed E-state index contributed by atoms with van der Waals surface area (Å²) < 4.78 is 0. The van der Waals surface area contributed by atoms with Crippen molar-refractivity contribution in [3.8, 4) is 6.07 Å². The van der Waals surface area contributed by atoms with Gasteiger partial charge in [0.05, 0.1) is 12.0 Å². The highest BCUT2D eigenvalue weighted by Gasteiger charge is 2.32. The van der Waals surface area contributed by atoms with Crippen LogP contribution in [-0.4, -0.2) is 30.3 Å². The zero-order valence-corrected chi connectivity index (χ0v) is 14.2. The summed E-state index contributed by atoms with van der Waals surface area (Å²) in [5, 5.41) is 16.7. The van der Waals surface area contributed by atoms with Crippen LogP contribution in [0.2, 0.25) is 0 Å². The van der Waals surface area contributed by atoms with Crippen molar-refractivity contribution in [2.24, 2.45) is 5.92 Å². The first kappa shape index (κ1) is 18.5. The van der Waals surface area contributed by atoms with E-state index in [0.717, 1.165) is 19.3 Å². The van der Waals surface area contributed by atoms with Gasteiger partial charge in [-0.1, -0.05) is 12.8 Å². The molecule has 3 amide bonds. The maximum Gasteiger partial charge on any atom is 0.251 e. The van der Waals surface area contributed by atoms with Gasteiger partial charge in [-0.05, 0) is 37.1 Å². The number of nitrogens with zero attached hydrogens (tertiary/aromatic N) is 1. The molecule has 1 aromatic carbocycles. The van der Waals surface area contributed by atoms with E-state index in [1.165, 1.54) is 6.92 Å². The van der Waals surface area contributed by atoms with Gasteiger partial charge in [-0.15, -0.1) is 0 Å². The molecule has 0 heterocycles. The lowest BCUT2D eigenvalue weighted by atomic mass is 9.83. The summed E-state index contributed by atoms with van der Waals surface area (Å²) in [6, 6.07) is 8.24. The third-order valence-corrected chi connectivity index (χ3v) is 4.23. The normalized spacial score (nSPS) is 19.4. The van der Waals surface area contributed by atoms with Crippen LogP contribution in [0.3, 0.4) is 0 Å². The fraction of sp³-hybridized carbons (Fsp3) is 0.444. The number of hydrogen-bond donors (Lipinski definition) is 3. The molecular weight excluding hydrogens is 320 g/mol. The SMILES string of the molecule is CC(=O)Nc1ccc(C(=O)NC2CCCCC2C(=O)NCC#N)cc1. The molecule has 1 fully saturated rings. The molecule has 0 radical (unpaired) electrons. The Morgan fingerprint density at radius 3 is 2.48 bits per heavy atom. The lowest BCUT2D eigenvalue weighted by Gasteiger charge is -2.31. The molecule has 0 aliphatic heterocycles. The quantitative estimate of drug-likeness (QED) is 0.705. The van der Waals surface area contributed by atoms with E-state index in [1.807, 2.05) is 6.07 Å². The number of nitrogens with one attached hydrogen (secondary N) is 3. The van der Waals surface area contributed by atoms with Crippen molar-refractivity contribution < 1.29 is 14.4 Å². The van der Waals surface area contributed by atoms with Gasteiger partial charge in [0.15, 0.2) is 0 Å². The topological polar surface area (TPSA) is 111 Å². The zero-order valence-electron chi connectivity index (χ0n) is 14.2. The number of nitriles is 1. The third-order valence-electron chi connectivity index (χ3n) is 4.23. The first-order chi connectivity index (χ1) is 12.0. The van der Waals surface area contributed by atoms with Gasteiger partial charge in [-0.3, -0.25) is 14.4 Å².